The molecular weight excluding hydrogens is 572 g/mol. The topological polar surface area (TPSA) is 98.7 Å². The summed E-state index contributed by atoms with van der Waals surface area (Å²) >= 11 is 0. The Morgan fingerprint density at radius 2 is 1.61 bits per heavy atom. The molecule has 0 radical (unpaired) electrons. The van der Waals surface area contributed by atoms with Crippen molar-refractivity contribution in [1.82, 2.24) is 10.6 Å². The predicted octanol–water partition coefficient (Wildman–Crippen LogP) is 8.33. The minimum atomic E-state index is -0.876. The maximum Gasteiger partial charge on any atom is 0.335 e. The number of fused-ring (bicyclic) bond motifs is 7. The van der Waals surface area contributed by atoms with Crippen molar-refractivity contribution >= 4 is 17.6 Å². The van der Waals surface area contributed by atoms with E-state index in [1.807, 2.05) is 12.1 Å². The number of hydrogen-bond acceptors (Lipinski definition) is 3. The van der Waals surface area contributed by atoms with Crippen LogP contribution in [0.4, 0.5) is 4.79 Å². The Balaban J connectivity index is 1.31. The molecule has 2 amide bonds. The molecule has 1 aromatic rings. The van der Waals surface area contributed by atoms with Gasteiger partial charge in [0.2, 0.25) is 0 Å². The lowest BCUT2D eigenvalue weighted by Gasteiger charge is -2.72. The first-order valence-corrected chi connectivity index (χ1v) is 18.0. The first-order chi connectivity index (χ1) is 21.6. The van der Waals surface area contributed by atoms with E-state index in [1.54, 1.807) is 12.1 Å². The fraction of sp³-hybridized carbons (Fsp3) is 0.700. The minimum Gasteiger partial charge on any atom is -0.478 e. The quantitative estimate of drug-likeness (QED) is 0.228. The zero-order valence-electron chi connectivity index (χ0n) is 29.2. The number of amides is 2. The number of hydrogen-bond donors (Lipinski definition) is 4. The highest BCUT2D eigenvalue weighted by atomic mass is 16.4. The molecule has 5 aliphatic rings. The zero-order valence-corrected chi connectivity index (χ0v) is 29.2. The van der Waals surface area contributed by atoms with Crippen molar-refractivity contribution in [3.05, 3.63) is 53.6 Å². The highest BCUT2D eigenvalue weighted by Gasteiger charge is 2.70. The SMILES string of the molecule is C=C(C)C1CCC2(CNC(=O)NCCO)CCC3(C)C(CCC4C5(C)CC=C(c6ccc(C(=O)O)cc6)C(C)(C)C5CCC43C)C12. The van der Waals surface area contributed by atoms with Crippen molar-refractivity contribution in [1.29, 1.82) is 0 Å². The van der Waals surface area contributed by atoms with E-state index < -0.39 is 5.97 Å². The van der Waals surface area contributed by atoms with E-state index >= 15 is 0 Å². The van der Waals surface area contributed by atoms with Gasteiger partial charge in [0.05, 0.1) is 12.2 Å². The van der Waals surface area contributed by atoms with Crippen LogP contribution in [0, 0.1) is 56.7 Å². The van der Waals surface area contributed by atoms with Crippen molar-refractivity contribution in [2.75, 3.05) is 19.7 Å². The summed E-state index contributed by atoms with van der Waals surface area (Å²) in [6.45, 7) is 20.5. The second-order valence-corrected chi connectivity index (χ2v) is 17.3. The highest BCUT2D eigenvalue weighted by molar-refractivity contribution is 5.88. The van der Waals surface area contributed by atoms with Gasteiger partial charge in [0, 0.05) is 13.1 Å². The molecule has 6 heteroatoms. The number of carbonyl (C=O) groups excluding carboxylic acids is 1. The van der Waals surface area contributed by atoms with Crippen LogP contribution in [0.25, 0.3) is 5.57 Å². The minimum absolute atomic E-state index is 0.00267. The smallest absolute Gasteiger partial charge is 0.335 e. The number of aliphatic hydroxyl groups excluding tert-OH is 1. The molecular formula is C40H58N2O4. The molecule has 0 saturated heterocycles. The van der Waals surface area contributed by atoms with Gasteiger partial charge in [0.15, 0.2) is 0 Å². The number of nitrogens with one attached hydrogen (secondary N) is 2. The second-order valence-electron chi connectivity index (χ2n) is 17.3. The first-order valence-electron chi connectivity index (χ1n) is 18.0. The summed E-state index contributed by atoms with van der Waals surface area (Å²) in [4.78, 5) is 24.1. The average Bonchev–Trinajstić information content (AvgIpc) is 3.39. The predicted molar refractivity (Wildman–Crippen MR) is 184 cm³/mol. The Kier molecular flexibility index (Phi) is 8.35. The van der Waals surface area contributed by atoms with E-state index in [-0.39, 0.29) is 46.3 Å². The van der Waals surface area contributed by atoms with Crippen LogP contribution in [0.1, 0.15) is 115 Å². The van der Waals surface area contributed by atoms with Crippen molar-refractivity contribution in [3.8, 4) is 0 Å². The van der Waals surface area contributed by atoms with Crippen molar-refractivity contribution in [2.24, 2.45) is 56.7 Å². The van der Waals surface area contributed by atoms with Crippen LogP contribution in [0.5, 0.6) is 0 Å². The van der Waals surface area contributed by atoms with Gasteiger partial charge in [-0.05, 0) is 145 Å². The molecule has 252 valence electrons. The lowest BCUT2D eigenvalue weighted by Crippen LogP contribution is -2.66. The van der Waals surface area contributed by atoms with Gasteiger partial charge >= 0.3 is 12.0 Å². The van der Waals surface area contributed by atoms with Crippen LogP contribution in [0.3, 0.4) is 0 Å². The van der Waals surface area contributed by atoms with Gasteiger partial charge < -0.3 is 20.8 Å². The van der Waals surface area contributed by atoms with Gasteiger partial charge in [-0.1, -0.05) is 65.0 Å². The molecule has 5 aliphatic carbocycles. The van der Waals surface area contributed by atoms with Crippen molar-refractivity contribution < 1.29 is 19.8 Å². The maximum absolute atomic E-state index is 12.6. The third-order valence-corrected chi connectivity index (χ3v) is 15.3. The van der Waals surface area contributed by atoms with E-state index in [9.17, 15) is 19.8 Å². The van der Waals surface area contributed by atoms with E-state index in [4.69, 9.17) is 0 Å². The molecule has 6 nitrogen and oxygen atoms in total. The molecule has 0 aliphatic heterocycles. The van der Waals surface area contributed by atoms with Crippen LogP contribution < -0.4 is 10.6 Å². The molecule has 1 aromatic carbocycles. The molecule has 4 fully saturated rings. The highest BCUT2D eigenvalue weighted by Crippen LogP contribution is 2.77. The normalized spacial score (nSPS) is 40.8. The third-order valence-electron chi connectivity index (χ3n) is 15.3. The van der Waals surface area contributed by atoms with Gasteiger partial charge in [-0.2, -0.15) is 0 Å². The van der Waals surface area contributed by atoms with Crippen LogP contribution in [0.15, 0.2) is 42.5 Å². The molecule has 0 heterocycles. The van der Waals surface area contributed by atoms with E-state index in [2.05, 4.69) is 64.8 Å². The van der Waals surface area contributed by atoms with Gasteiger partial charge in [0.1, 0.15) is 0 Å². The summed E-state index contributed by atoms with van der Waals surface area (Å²) in [6.07, 6.45) is 13.3. The molecule has 9 atom stereocenters. The molecule has 4 saturated carbocycles. The van der Waals surface area contributed by atoms with Crippen LogP contribution in [0.2, 0.25) is 0 Å². The zero-order chi connectivity index (χ0) is 33.3. The second kappa shape index (κ2) is 11.5. The molecule has 6 rings (SSSR count). The van der Waals surface area contributed by atoms with Crippen molar-refractivity contribution in [2.45, 2.75) is 99.3 Å². The number of carboxylic acids is 1. The van der Waals surface area contributed by atoms with Crippen LogP contribution >= 0.6 is 0 Å². The Hall–Kier alpha value is -2.60. The van der Waals surface area contributed by atoms with Gasteiger partial charge in [-0.3, -0.25) is 0 Å². The monoisotopic (exact) mass is 630 g/mol. The van der Waals surface area contributed by atoms with Crippen LogP contribution in [-0.2, 0) is 0 Å². The fourth-order valence-corrected chi connectivity index (χ4v) is 13.0. The van der Waals surface area contributed by atoms with Gasteiger partial charge in [0.25, 0.3) is 0 Å². The molecule has 0 spiro atoms. The fourth-order valence-electron chi connectivity index (χ4n) is 13.0. The molecule has 4 N–H and O–H groups in total. The largest absolute Gasteiger partial charge is 0.478 e. The van der Waals surface area contributed by atoms with Crippen molar-refractivity contribution in [3.63, 3.8) is 0 Å². The molecule has 0 bridgehead atoms. The summed E-state index contributed by atoms with van der Waals surface area (Å²) in [5.74, 6) is 1.99. The lowest BCUT2D eigenvalue weighted by molar-refractivity contribution is -0.224. The van der Waals surface area contributed by atoms with E-state index in [0.717, 1.165) is 24.8 Å². The van der Waals surface area contributed by atoms with E-state index in [0.29, 0.717) is 41.7 Å². The number of carbonyl (C=O) groups is 2. The number of benzene rings is 1. The first kappa shape index (κ1) is 33.3. The maximum atomic E-state index is 12.6. The molecule has 9 unspecified atom stereocenters. The number of aromatic carboxylic acids is 1. The average molecular weight is 631 g/mol. The number of rotatable bonds is 7. The number of aliphatic hydroxyl groups is 1. The Labute approximate surface area is 276 Å². The van der Waals surface area contributed by atoms with E-state index in [1.165, 1.54) is 49.7 Å². The molecule has 46 heavy (non-hydrogen) atoms. The number of allylic oxidation sites excluding steroid dienone is 3. The lowest BCUT2D eigenvalue weighted by atomic mass is 9.32. The number of urea groups is 1. The summed E-state index contributed by atoms with van der Waals surface area (Å²) in [5.41, 5.74) is 4.98. The standard InChI is InChI=1S/C40H58N2O4/c1-25(2)28-14-19-40(24-42-35(46)41-22-23-43)21-20-38(6)30(33(28)40)12-13-32-37(5)17-15-29(26-8-10-27(11-9-26)34(44)45)36(3,4)31(37)16-18-39(32,38)7/h8-11,15,28,30-33,43H,1,12-14,16-24H2,2-7H3,(H,44,45)(H2,41,42,46). The van der Waals surface area contributed by atoms with Gasteiger partial charge in [-0.15, -0.1) is 0 Å². The molecule has 0 aromatic heterocycles. The third kappa shape index (κ3) is 4.82. The summed E-state index contributed by atoms with van der Waals surface area (Å²) in [6, 6.07) is 7.37. The number of carboxylic acid groups (broad SMARTS) is 1. The van der Waals surface area contributed by atoms with Crippen LogP contribution in [-0.4, -0.2) is 41.9 Å². The summed E-state index contributed by atoms with van der Waals surface area (Å²) < 4.78 is 0. The van der Waals surface area contributed by atoms with Gasteiger partial charge in [-0.25, -0.2) is 9.59 Å². The Morgan fingerprint density at radius 3 is 2.26 bits per heavy atom. The summed E-state index contributed by atoms with van der Waals surface area (Å²) in [7, 11) is 0. The summed E-state index contributed by atoms with van der Waals surface area (Å²) in [5, 5.41) is 24.7. The Bertz CT molecular complexity index is 1410. The Morgan fingerprint density at radius 1 is 0.891 bits per heavy atom.